The first-order valence-electron chi connectivity index (χ1n) is 4.41. The Balaban J connectivity index is 2.07. The molecule has 1 saturated heterocycles. The summed E-state index contributed by atoms with van der Waals surface area (Å²) in [7, 11) is 0. The van der Waals surface area contributed by atoms with Crippen molar-refractivity contribution in [3.05, 3.63) is 18.1 Å². The molecule has 0 spiro atoms. The first kappa shape index (κ1) is 9.40. The summed E-state index contributed by atoms with van der Waals surface area (Å²) in [6.45, 7) is 0.883. The molecule has 1 fully saturated rings. The summed E-state index contributed by atoms with van der Waals surface area (Å²) in [5.74, 6) is -0.406. The van der Waals surface area contributed by atoms with E-state index in [0.29, 0.717) is 18.9 Å². The van der Waals surface area contributed by atoms with Crippen LogP contribution in [0, 0.1) is 17.2 Å². The highest BCUT2D eigenvalue weighted by molar-refractivity contribution is 5.74. The molecule has 0 radical (unpaired) electrons. The van der Waals surface area contributed by atoms with Gasteiger partial charge in [0.25, 0.3) is 0 Å². The van der Waals surface area contributed by atoms with Crippen molar-refractivity contribution in [1.29, 1.82) is 5.26 Å². The van der Waals surface area contributed by atoms with E-state index in [1.807, 2.05) is 6.07 Å². The van der Waals surface area contributed by atoms with Crippen LogP contribution in [0.1, 0.15) is 5.82 Å². The van der Waals surface area contributed by atoms with E-state index in [-0.39, 0.29) is 11.7 Å². The van der Waals surface area contributed by atoms with Crippen LogP contribution in [0.5, 0.6) is 0 Å². The van der Waals surface area contributed by atoms with Crippen LogP contribution >= 0.6 is 0 Å². The first-order valence-corrected chi connectivity index (χ1v) is 4.41. The molecular formula is C9H8N4O2. The molecule has 1 aromatic heterocycles. The molecule has 0 aliphatic carbocycles. The Hall–Kier alpha value is -2.16. The van der Waals surface area contributed by atoms with Crippen molar-refractivity contribution in [3.63, 3.8) is 0 Å². The van der Waals surface area contributed by atoms with Crippen LogP contribution in [0.3, 0.4) is 0 Å². The normalized spacial score (nSPS) is 15.5. The SMILES string of the molecule is N#Cc1nccc(N2CC(C(=O)O)C2)n1. The molecule has 1 aliphatic heterocycles. The molecule has 2 rings (SSSR count). The van der Waals surface area contributed by atoms with E-state index in [1.54, 1.807) is 11.0 Å². The van der Waals surface area contributed by atoms with Crippen molar-refractivity contribution >= 4 is 11.8 Å². The maximum absolute atomic E-state index is 10.6. The van der Waals surface area contributed by atoms with Gasteiger partial charge in [0.1, 0.15) is 11.9 Å². The molecule has 1 N–H and O–H groups in total. The van der Waals surface area contributed by atoms with Gasteiger partial charge in [-0.15, -0.1) is 0 Å². The van der Waals surface area contributed by atoms with Gasteiger partial charge in [-0.2, -0.15) is 5.26 Å². The highest BCUT2D eigenvalue weighted by Crippen LogP contribution is 2.22. The second-order valence-corrected chi connectivity index (χ2v) is 3.29. The minimum atomic E-state index is -0.791. The Labute approximate surface area is 85.8 Å². The average molecular weight is 204 g/mol. The molecule has 6 heteroatoms. The van der Waals surface area contributed by atoms with Gasteiger partial charge >= 0.3 is 5.97 Å². The van der Waals surface area contributed by atoms with Gasteiger partial charge in [0.05, 0.1) is 5.92 Å². The fourth-order valence-electron chi connectivity index (χ4n) is 1.40. The largest absolute Gasteiger partial charge is 0.481 e. The zero-order valence-corrected chi connectivity index (χ0v) is 7.79. The number of carboxylic acids is 1. The van der Waals surface area contributed by atoms with Crippen LogP contribution in [0.15, 0.2) is 12.3 Å². The molecule has 0 aromatic carbocycles. The van der Waals surface area contributed by atoms with Crippen molar-refractivity contribution in [1.82, 2.24) is 9.97 Å². The molecule has 0 bridgehead atoms. The lowest BCUT2D eigenvalue weighted by atomic mass is 10.0. The van der Waals surface area contributed by atoms with Gasteiger partial charge < -0.3 is 10.0 Å². The van der Waals surface area contributed by atoms with Crippen molar-refractivity contribution in [2.75, 3.05) is 18.0 Å². The van der Waals surface area contributed by atoms with Crippen LogP contribution in [0.4, 0.5) is 5.82 Å². The van der Waals surface area contributed by atoms with Gasteiger partial charge in [-0.3, -0.25) is 4.79 Å². The summed E-state index contributed by atoms with van der Waals surface area (Å²) in [4.78, 5) is 20.1. The number of nitriles is 1. The zero-order chi connectivity index (χ0) is 10.8. The first-order chi connectivity index (χ1) is 7.20. The van der Waals surface area contributed by atoms with Crippen molar-refractivity contribution in [2.24, 2.45) is 5.92 Å². The highest BCUT2D eigenvalue weighted by atomic mass is 16.4. The molecule has 0 amide bonds. The van der Waals surface area contributed by atoms with E-state index >= 15 is 0 Å². The lowest BCUT2D eigenvalue weighted by Gasteiger charge is -2.37. The zero-order valence-electron chi connectivity index (χ0n) is 7.79. The lowest BCUT2D eigenvalue weighted by molar-refractivity contribution is -0.142. The fraction of sp³-hybridized carbons (Fsp3) is 0.333. The van der Waals surface area contributed by atoms with Crippen LogP contribution < -0.4 is 4.90 Å². The molecule has 76 valence electrons. The summed E-state index contributed by atoms with van der Waals surface area (Å²) in [5.41, 5.74) is 0. The Morgan fingerprint density at radius 1 is 1.67 bits per heavy atom. The van der Waals surface area contributed by atoms with Crippen LogP contribution in [0.25, 0.3) is 0 Å². The molecule has 1 aliphatic rings. The highest BCUT2D eigenvalue weighted by Gasteiger charge is 2.33. The smallest absolute Gasteiger partial charge is 0.310 e. The van der Waals surface area contributed by atoms with Gasteiger partial charge in [0, 0.05) is 19.3 Å². The molecule has 0 unspecified atom stereocenters. The number of hydrogen-bond donors (Lipinski definition) is 1. The Morgan fingerprint density at radius 2 is 2.40 bits per heavy atom. The van der Waals surface area contributed by atoms with E-state index in [4.69, 9.17) is 10.4 Å². The number of hydrogen-bond acceptors (Lipinski definition) is 5. The second kappa shape index (κ2) is 3.53. The average Bonchev–Trinajstić information content (AvgIpc) is 2.15. The molecule has 2 heterocycles. The van der Waals surface area contributed by atoms with Crippen molar-refractivity contribution in [3.8, 4) is 6.07 Å². The van der Waals surface area contributed by atoms with E-state index < -0.39 is 5.97 Å². The standard InChI is InChI=1S/C9H8N4O2/c10-3-7-11-2-1-8(12-7)13-4-6(5-13)9(14)15/h1-2,6H,4-5H2,(H,14,15). The second-order valence-electron chi connectivity index (χ2n) is 3.29. The number of rotatable bonds is 2. The molecule has 6 nitrogen and oxygen atoms in total. The number of anilines is 1. The predicted octanol–water partition coefficient (Wildman–Crippen LogP) is -0.131. The van der Waals surface area contributed by atoms with E-state index in [0.717, 1.165) is 0 Å². The third-order valence-electron chi connectivity index (χ3n) is 2.30. The number of nitrogens with zero attached hydrogens (tertiary/aromatic N) is 4. The van der Waals surface area contributed by atoms with E-state index in [2.05, 4.69) is 9.97 Å². The Morgan fingerprint density at radius 3 is 3.00 bits per heavy atom. The topological polar surface area (TPSA) is 90.1 Å². The summed E-state index contributed by atoms with van der Waals surface area (Å²) in [5, 5.41) is 17.3. The van der Waals surface area contributed by atoms with Crippen molar-refractivity contribution < 1.29 is 9.90 Å². The van der Waals surface area contributed by atoms with Crippen LogP contribution in [-0.2, 0) is 4.79 Å². The van der Waals surface area contributed by atoms with Gasteiger partial charge in [-0.05, 0) is 6.07 Å². The van der Waals surface area contributed by atoms with Crippen LogP contribution in [-0.4, -0.2) is 34.1 Å². The molecular weight excluding hydrogens is 196 g/mol. The number of aromatic nitrogens is 2. The fourth-order valence-corrected chi connectivity index (χ4v) is 1.40. The van der Waals surface area contributed by atoms with Gasteiger partial charge in [0.15, 0.2) is 0 Å². The minimum absolute atomic E-state index is 0.103. The minimum Gasteiger partial charge on any atom is -0.481 e. The monoisotopic (exact) mass is 204 g/mol. The lowest BCUT2D eigenvalue weighted by Crippen LogP contribution is -2.50. The molecule has 0 saturated carbocycles. The van der Waals surface area contributed by atoms with E-state index in [9.17, 15) is 4.79 Å². The van der Waals surface area contributed by atoms with Gasteiger partial charge in [0.2, 0.25) is 5.82 Å². The number of aliphatic carboxylic acids is 1. The Bertz CT molecular complexity index is 434. The molecule has 0 atom stereocenters. The predicted molar refractivity (Wildman–Crippen MR) is 50.1 cm³/mol. The molecule has 15 heavy (non-hydrogen) atoms. The third-order valence-corrected chi connectivity index (χ3v) is 2.30. The third kappa shape index (κ3) is 1.72. The summed E-state index contributed by atoms with van der Waals surface area (Å²) < 4.78 is 0. The summed E-state index contributed by atoms with van der Waals surface area (Å²) >= 11 is 0. The Kier molecular flexibility index (Phi) is 2.21. The maximum Gasteiger partial charge on any atom is 0.310 e. The summed E-state index contributed by atoms with van der Waals surface area (Å²) in [6.07, 6.45) is 1.50. The van der Waals surface area contributed by atoms with Crippen LogP contribution in [0.2, 0.25) is 0 Å². The summed E-state index contributed by atoms with van der Waals surface area (Å²) in [6, 6.07) is 3.50. The molecule has 1 aromatic rings. The van der Waals surface area contributed by atoms with Crippen molar-refractivity contribution in [2.45, 2.75) is 0 Å². The van der Waals surface area contributed by atoms with Gasteiger partial charge in [-0.1, -0.05) is 0 Å². The van der Waals surface area contributed by atoms with E-state index in [1.165, 1.54) is 6.20 Å². The maximum atomic E-state index is 10.6. The quantitative estimate of drug-likeness (QED) is 0.721. The number of carboxylic acid groups (broad SMARTS) is 1. The number of carbonyl (C=O) groups is 1. The van der Waals surface area contributed by atoms with Gasteiger partial charge in [-0.25, -0.2) is 9.97 Å².